The molecule has 8 heteroatoms. The fourth-order valence-electron chi connectivity index (χ4n) is 1.50. The number of anilines is 2. The molecule has 21 heavy (non-hydrogen) atoms. The van der Waals surface area contributed by atoms with Crippen LogP contribution in [0.3, 0.4) is 0 Å². The molecule has 0 aliphatic rings. The highest BCUT2D eigenvalue weighted by Crippen LogP contribution is 2.28. The Hall–Kier alpha value is -1.93. The van der Waals surface area contributed by atoms with Crippen LogP contribution in [0.2, 0.25) is 0 Å². The van der Waals surface area contributed by atoms with Crippen LogP contribution in [0.25, 0.3) is 0 Å². The number of amides is 1. The van der Waals surface area contributed by atoms with Crippen LogP contribution in [-0.2, 0) is 4.79 Å². The first-order valence-corrected chi connectivity index (χ1v) is 7.83. The van der Waals surface area contributed by atoms with E-state index in [1.165, 1.54) is 30.0 Å². The predicted molar refractivity (Wildman–Crippen MR) is 84.7 cm³/mol. The summed E-state index contributed by atoms with van der Waals surface area (Å²) in [7, 11) is 0. The SMILES string of the molecule is CC(=O)c1ccc(NC(=O)C(C)Sc2nnc(N)s2)cc1. The molecule has 0 aliphatic heterocycles. The number of carbonyl (C=O) groups excluding carboxylic acids is 2. The zero-order valence-corrected chi connectivity index (χ0v) is 13.1. The minimum Gasteiger partial charge on any atom is -0.374 e. The number of aromatic nitrogens is 2. The lowest BCUT2D eigenvalue weighted by Gasteiger charge is -2.10. The predicted octanol–water partition coefficient (Wildman–Crippen LogP) is 2.44. The van der Waals surface area contributed by atoms with Crippen LogP contribution < -0.4 is 11.1 Å². The molecule has 1 aromatic carbocycles. The van der Waals surface area contributed by atoms with Crippen molar-refractivity contribution in [1.82, 2.24) is 10.2 Å². The maximum atomic E-state index is 12.1. The third kappa shape index (κ3) is 4.27. The summed E-state index contributed by atoms with van der Waals surface area (Å²) in [6.07, 6.45) is 0. The number of nitrogens with zero attached hydrogens (tertiary/aromatic N) is 2. The van der Waals surface area contributed by atoms with Gasteiger partial charge in [0.1, 0.15) is 0 Å². The molecule has 3 N–H and O–H groups in total. The van der Waals surface area contributed by atoms with Gasteiger partial charge in [-0.2, -0.15) is 0 Å². The molecule has 0 saturated carbocycles. The lowest BCUT2D eigenvalue weighted by Crippen LogP contribution is -2.22. The quantitative estimate of drug-likeness (QED) is 0.648. The number of nitrogens with two attached hydrogens (primary N) is 1. The van der Waals surface area contributed by atoms with Crippen LogP contribution in [-0.4, -0.2) is 27.1 Å². The molecule has 2 rings (SSSR count). The first-order valence-electron chi connectivity index (χ1n) is 6.13. The van der Waals surface area contributed by atoms with Gasteiger partial charge >= 0.3 is 0 Å². The Bertz CT molecular complexity index is 654. The minimum atomic E-state index is -0.329. The largest absolute Gasteiger partial charge is 0.374 e. The van der Waals surface area contributed by atoms with Gasteiger partial charge in [0.25, 0.3) is 0 Å². The van der Waals surface area contributed by atoms with Gasteiger partial charge in [0.2, 0.25) is 11.0 Å². The Morgan fingerprint density at radius 3 is 2.48 bits per heavy atom. The van der Waals surface area contributed by atoms with Gasteiger partial charge in [0.15, 0.2) is 10.1 Å². The van der Waals surface area contributed by atoms with Gasteiger partial charge in [-0.3, -0.25) is 9.59 Å². The topological polar surface area (TPSA) is 98.0 Å². The van der Waals surface area contributed by atoms with Crippen molar-refractivity contribution in [3.63, 3.8) is 0 Å². The van der Waals surface area contributed by atoms with Crippen LogP contribution in [0.4, 0.5) is 10.8 Å². The summed E-state index contributed by atoms with van der Waals surface area (Å²) in [6.45, 7) is 3.28. The van der Waals surface area contributed by atoms with Gasteiger partial charge in [0, 0.05) is 11.3 Å². The average molecular weight is 322 g/mol. The summed E-state index contributed by atoms with van der Waals surface area (Å²) in [5.74, 6) is -0.157. The van der Waals surface area contributed by atoms with E-state index in [9.17, 15) is 9.59 Å². The second kappa shape index (κ2) is 6.68. The molecule has 0 fully saturated rings. The monoisotopic (exact) mass is 322 g/mol. The van der Waals surface area contributed by atoms with Gasteiger partial charge in [0.05, 0.1) is 5.25 Å². The van der Waals surface area contributed by atoms with E-state index in [0.717, 1.165) is 0 Å². The zero-order chi connectivity index (χ0) is 15.4. The van der Waals surface area contributed by atoms with E-state index in [1.807, 2.05) is 0 Å². The number of thioether (sulfide) groups is 1. The lowest BCUT2D eigenvalue weighted by atomic mass is 10.1. The fourth-order valence-corrected chi connectivity index (χ4v) is 3.29. The average Bonchev–Trinajstić information content (AvgIpc) is 2.84. The number of hydrogen-bond donors (Lipinski definition) is 2. The molecule has 1 atom stereocenters. The maximum Gasteiger partial charge on any atom is 0.237 e. The highest BCUT2D eigenvalue weighted by atomic mass is 32.2. The molecule has 1 amide bonds. The Morgan fingerprint density at radius 1 is 1.29 bits per heavy atom. The molecule has 1 heterocycles. The van der Waals surface area contributed by atoms with Crippen molar-refractivity contribution in [2.24, 2.45) is 0 Å². The Labute approximate surface area is 130 Å². The van der Waals surface area contributed by atoms with Crippen LogP contribution in [0.15, 0.2) is 28.6 Å². The van der Waals surface area contributed by atoms with Crippen molar-refractivity contribution in [3.05, 3.63) is 29.8 Å². The van der Waals surface area contributed by atoms with E-state index in [-0.39, 0.29) is 16.9 Å². The molecule has 6 nitrogen and oxygen atoms in total. The number of carbonyl (C=O) groups is 2. The number of ketones is 1. The summed E-state index contributed by atoms with van der Waals surface area (Å²) in [5, 5.41) is 10.4. The van der Waals surface area contributed by atoms with Crippen molar-refractivity contribution in [2.75, 3.05) is 11.1 Å². The Kier molecular flexibility index (Phi) is 4.92. The molecule has 0 saturated heterocycles. The third-order valence-corrected chi connectivity index (χ3v) is 4.56. The normalized spacial score (nSPS) is 11.9. The first-order chi connectivity index (χ1) is 9.95. The summed E-state index contributed by atoms with van der Waals surface area (Å²) in [4.78, 5) is 23.2. The molecule has 0 spiro atoms. The third-order valence-electron chi connectivity index (χ3n) is 2.63. The molecule has 110 valence electrons. The van der Waals surface area contributed by atoms with E-state index in [0.29, 0.717) is 20.7 Å². The van der Waals surface area contributed by atoms with Crippen molar-refractivity contribution in [3.8, 4) is 0 Å². The zero-order valence-electron chi connectivity index (χ0n) is 11.5. The van der Waals surface area contributed by atoms with Gasteiger partial charge < -0.3 is 11.1 Å². The van der Waals surface area contributed by atoms with Crippen LogP contribution in [0.5, 0.6) is 0 Å². The van der Waals surface area contributed by atoms with Crippen molar-refractivity contribution >= 4 is 45.6 Å². The number of nitrogen functional groups attached to an aromatic ring is 1. The van der Waals surface area contributed by atoms with Crippen LogP contribution >= 0.6 is 23.1 Å². The summed E-state index contributed by atoms with van der Waals surface area (Å²) >= 11 is 2.54. The van der Waals surface area contributed by atoms with Gasteiger partial charge in [-0.1, -0.05) is 23.1 Å². The van der Waals surface area contributed by atoms with Crippen LogP contribution in [0.1, 0.15) is 24.2 Å². The van der Waals surface area contributed by atoms with Gasteiger partial charge in [-0.15, -0.1) is 10.2 Å². The smallest absolute Gasteiger partial charge is 0.237 e. The molecular formula is C13H14N4O2S2. The van der Waals surface area contributed by atoms with Crippen LogP contribution in [0, 0.1) is 0 Å². The Morgan fingerprint density at radius 2 is 1.95 bits per heavy atom. The van der Waals surface area contributed by atoms with Crippen molar-refractivity contribution < 1.29 is 9.59 Å². The molecule has 1 unspecified atom stereocenters. The number of hydrogen-bond acceptors (Lipinski definition) is 7. The minimum absolute atomic E-state index is 0.00865. The number of nitrogens with one attached hydrogen (secondary N) is 1. The highest BCUT2D eigenvalue weighted by molar-refractivity contribution is 8.02. The molecule has 1 aromatic heterocycles. The maximum absolute atomic E-state index is 12.1. The standard InChI is InChI=1S/C13H14N4O2S2/c1-7(18)9-3-5-10(6-4-9)15-11(19)8(2)20-13-17-16-12(14)21-13/h3-6,8H,1-2H3,(H2,14,16)(H,15,19). The second-order valence-corrected chi connectivity index (χ2v) is 6.89. The summed E-state index contributed by atoms with van der Waals surface area (Å²) in [5.41, 5.74) is 6.75. The molecule has 0 radical (unpaired) electrons. The van der Waals surface area contributed by atoms with E-state index < -0.39 is 0 Å². The number of benzene rings is 1. The summed E-state index contributed by atoms with van der Waals surface area (Å²) in [6, 6.07) is 6.77. The first kappa shape index (κ1) is 15.5. The van der Waals surface area contributed by atoms with Crippen molar-refractivity contribution in [1.29, 1.82) is 0 Å². The Balaban J connectivity index is 1.95. The highest BCUT2D eigenvalue weighted by Gasteiger charge is 2.17. The van der Waals surface area contributed by atoms with E-state index in [2.05, 4.69) is 15.5 Å². The summed E-state index contributed by atoms with van der Waals surface area (Å²) < 4.78 is 0.655. The molecule has 0 bridgehead atoms. The molecule has 0 aliphatic carbocycles. The van der Waals surface area contributed by atoms with Gasteiger partial charge in [-0.25, -0.2) is 0 Å². The lowest BCUT2D eigenvalue weighted by molar-refractivity contribution is -0.115. The molecular weight excluding hydrogens is 308 g/mol. The van der Waals surface area contributed by atoms with Gasteiger partial charge in [-0.05, 0) is 38.1 Å². The number of Topliss-reactive ketones (excluding diaryl/α,β-unsaturated/α-hetero) is 1. The van der Waals surface area contributed by atoms with E-state index in [1.54, 1.807) is 31.2 Å². The fraction of sp³-hybridized carbons (Fsp3) is 0.231. The van der Waals surface area contributed by atoms with E-state index >= 15 is 0 Å². The van der Waals surface area contributed by atoms with Crippen molar-refractivity contribution in [2.45, 2.75) is 23.4 Å². The number of rotatable bonds is 5. The van der Waals surface area contributed by atoms with E-state index in [4.69, 9.17) is 5.73 Å². The second-order valence-electron chi connectivity index (χ2n) is 4.29. The molecule has 2 aromatic rings.